The molecule has 6 saturated carbocycles. The topological polar surface area (TPSA) is 745 Å². The molecular weight excluding hydrogens is 1820 g/mol. The standard InChI is InChI=1S/C88H142O48/c1-30(59-43(95)22-39(91)35-20-51(77(133-79(35)59)33-8-10-37(89)41(93)18-33)127-87-81(135-85-73(113)61(101)45(97)24-123-85)71(111)67(107)55(131-87)28-125-83-75(115)69(109)65(105)53(129-83)26-121-57(99)12-6-31-14-47(117-2)63(103)48(15-31)118-3)60-44(96)23-40(92)36-21-52(78(134-80(36)60)34-9-11-38(90)42(94)19-34)128-88-82(136-86-74(114)62(102)46(98)25-124-86)72(112)68(108)56(132-88)29-126-84-76(116)70(110)66(106)54(130-84)27-122-58(100)13-7-32-16-49(119-4)64(104)50(17-32)120-5/h6-7,12-13,30-56,59-98,101-116H,8-11,14-29H2,1-5H3. The first-order chi connectivity index (χ1) is 64.7. The molecule has 8 saturated heterocycles. The molecule has 8 heterocycles. The normalized spacial score (nSPS) is 51.9. The number of carbonyl (C=O) groups is 2. The first kappa shape index (κ1) is 108. The number of allylic oxidation sites excluding steroid dienone is 2. The van der Waals surface area contributed by atoms with Crippen LogP contribution in [0, 0.1) is 53.3 Å². The molecule has 26 N–H and O–H groups in total. The molecular formula is C88H142O48. The smallest absolute Gasteiger partial charge is 0.330 e. The van der Waals surface area contributed by atoms with Crippen molar-refractivity contribution in [2.45, 2.75) is 391 Å². The van der Waals surface area contributed by atoms with Crippen LogP contribution in [-0.4, -0.2) is 507 Å². The Morgan fingerprint density at radius 1 is 0.294 bits per heavy atom. The molecule has 0 radical (unpaired) electrons. The van der Waals surface area contributed by atoms with Gasteiger partial charge in [0.1, 0.15) is 160 Å². The van der Waals surface area contributed by atoms with Crippen molar-refractivity contribution < 1.29 is 237 Å². The van der Waals surface area contributed by atoms with E-state index in [1.165, 1.54) is 40.6 Å². The van der Waals surface area contributed by atoms with Crippen LogP contribution in [-0.2, 0) is 104 Å². The minimum absolute atomic E-state index is 0.00565. The zero-order chi connectivity index (χ0) is 98.2. The fourth-order valence-corrected chi connectivity index (χ4v) is 22.8. The van der Waals surface area contributed by atoms with Gasteiger partial charge in [-0.3, -0.25) is 0 Å². The monoisotopic (exact) mass is 1970 g/mol. The van der Waals surface area contributed by atoms with E-state index in [1.54, 1.807) is 6.92 Å². The van der Waals surface area contributed by atoms with Gasteiger partial charge in [0.05, 0.1) is 136 Å². The highest BCUT2D eigenvalue weighted by Crippen LogP contribution is 2.54. The number of ether oxygens (including phenoxy) is 20. The number of methoxy groups -OCH3 is 4. The van der Waals surface area contributed by atoms with E-state index >= 15 is 0 Å². The highest BCUT2D eigenvalue weighted by atomic mass is 16.8. The number of aliphatic hydroxyl groups is 26. The molecule has 0 amide bonds. The van der Waals surface area contributed by atoms with Crippen LogP contribution in [0.2, 0.25) is 0 Å². The summed E-state index contributed by atoms with van der Waals surface area (Å²) in [7, 11) is 5.70. The molecule has 48 nitrogen and oxygen atoms in total. The Labute approximate surface area is 782 Å². The van der Waals surface area contributed by atoms with Crippen LogP contribution in [0.1, 0.15) is 96.8 Å². The fourth-order valence-electron chi connectivity index (χ4n) is 22.8. The van der Waals surface area contributed by atoms with Crippen molar-refractivity contribution in [2.24, 2.45) is 53.3 Å². The molecule has 52 unspecified atom stereocenters. The second kappa shape index (κ2) is 47.4. The van der Waals surface area contributed by atoms with Crippen molar-refractivity contribution in [3.8, 4) is 0 Å². The lowest BCUT2D eigenvalue weighted by Gasteiger charge is -2.58. The van der Waals surface area contributed by atoms with E-state index in [1.807, 2.05) is 0 Å². The van der Waals surface area contributed by atoms with Crippen molar-refractivity contribution in [2.75, 3.05) is 68.1 Å². The third-order valence-electron chi connectivity index (χ3n) is 30.9. The van der Waals surface area contributed by atoms with Gasteiger partial charge < -0.3 is 228 Å². The van der Waals surface area contributed by atoms with Gasteiger partial charge in [0, 0.05) is 64.3 Å². The number of hydrogen-bond donors (Lipinski definition) is 26. The van der Waals surface area contributed by atoms with Crippen LogP contribution in [0.25, 0.3) is 0 Å². The lowest BCUT2D eigenvalue weighted by molar-refractivity contribution is -0.379. The second-order valence-corrected chi connectivity index (χ2v) is 39.4. The fraction of sp³-hybridized carbons (Fsp3) is 0.932. The van der Waals surface area contributed by atoms with E-state index < -0.39 is 387 Å². The van der Waals surface area contributed by atoms with Crippen LogP contribution in [0.5, 0.6) is 0 Å². The lowest BCUT2D eigenvalue weighted by Crippen LogP contribution is -2.67. The maximum absolute atomic E-state index is 13.1. The van der Waals surface area contributed by atoms with Crippen LogP contribution in [0.4, 0.5) is 0 Å². The van der Waals surface area contributed by atoms with Crippen molar-refractivity contribution in [1.82, 2.24) is 0 Å². The first-order valence-corrected chi connectivity index (χ1v) is 47.2. The molecule has 52 atom stereocenters. The van der Waals surface area contributed by atoms with Gasteiger partial charge in [0.15, 0.2) is 37.7 Å². The van der Waals surface area contributed by atoms with E-state index in [0.717, 1.165) is 12.2 Å². The van der Waals surface area contributed by atoms with E-state index in [-0.39, 0.29) is 76.0 Å². The summed E-state index contributed by atoms with van der Waals surface area (Å²) in [6.07, 6.45) is -71.1. The molecule has 6 aliphatic carbocycles. The second-order valence-electron chi connectivity index (χ2n) is 39.4. The summed E-state index contributed by atoms with van der Waals surface area (Å²) in [6.45, 7) is -2.67. The molecule has 136 heavy (non-hydrogen) atoms. The lowest BCUT2D eigenvalue weighted by atomic mass is 9.59. The summed E-state index contributed by atoms with van der Waals surface area (Å²) >= 11 is 0. The molecule has 782 valence electrons. The van der Waals surface area contributed by atoms with E-state index in [4.69, 9.17) is 94.7 Å². The third kappa shape index (κ3) is 24.0. The Bertz CT molecular complexity index is 3520. The van der Waals surface area contributed by atoms with Crippen molar-refractivity contribution in [3.63, 3.8) is 0 Å². The molecule has 48 heteroatoms. The molecule has 0 bridgehead atoms. The number of fused-ring (bicyclic) bond motifs is 2. The first-order valence-electron chi connectivity index (χ1n) is 47.2. The molecule has 8 aliphatic heterocycles. The van der Waals surface area contributed by atoms with Gasteiger partial charge in [0.2, 0.25) is 0 Å². The predicted molar refractivity (Wildman–Crippen MR) is 444 cm³/mol. The highest BCUT2D eigenvalue weighted by molar-refractivity contribution is 5.82. The summed E-state index contributed by atoms with van der Waals surface area (Å²) in [5, 5.41) is 298. The molecule has 0 aromatic rings. The summed E-state index contributed by atoms with van der Waals surface area (Å²) in [4.78, 5) is 26.3. The maximum Gasteiger partial charge on any atom is 0.330 e. The molecule has 0 spiro atoms. The van der Waals surface area contributed by atoms with Gasteiger partial charge >= 0.3 is 11.9 Å². The molecule has 0 aromatic heterocycles. The number of carbonyl (C=O) groups excluding carboxylic acids is 2. The van der Waals surface area contributed by atoms with Crippen LogP contribution in [0.3, 0.4) is 0 Å². The largest absolute Gasteiger partial charge is 0.460 e. The van der Waals surface area contributed by atoms with E-state index in [9.17, 15) is 142 Å². The highest BCUT2D eigenvalue weighted by Gasteiger charge is 2.63. The quantitative estimate of drug-likeness (QED) is 0.0235. The van der Waals surface area contributed by atoms with Gasteiger partial charge in [0.25, 0.3) is 0 Å². The third-order valence-corrected chi connectivity index (χ3v) is 30.9. The SMILES string of the molecule is COC1CC(C=CC(=O)OCC2OC(OCC3OC(OC4CC5C(O)CC(O)C(C(C)C6C(O)CC(O)C7CC(OC8OC(COC9OC(COC(=O)C=CC%10CC(OC)C(O)C(OC)C%10)C(O)C(O)C9O)C(O)C(O)C8OC8OCC(O)C(O)C8O)C(C8CCC(O)C(O)C8)OC76)C5OC4C4CCC(O)C(O)C4)C(OC4OCC(O)C(O)C4O)C(O)C3O)C(O)C(O)C2O)CC(OC)C1O. The Hall–Kier alpha value is -3.34. The van der Waals surface area contributed by atoms with E-state index in [0.29, 0.717) is 25.7 Å². The Morgan fingerprint density at radius 2 is 0.625 bits per heavy atom. The van der Waals surface area contributed by atoms with Gasteiger partial charge in [-0.05, 0) is 119 Å². The number of esters is 2. The van der Waals surface area contributed by atoms with Gasteiger partial charge in [-0.15, -0.1) is 0 Å². The Kier molecular flexibility index (Phi) is 37.8. The number of hydrogen-bond acceptors (Lipinski definition) is 48. The van der Waals surface area contributed by atoms with Crippen LogP contribution in [0.15, 0.2) is 24.3 Å². The average molecular weight is 1970 g/mol. The zero-order valence-corrected chi connectivity index (χ0v) is 76.0. The molecule has 14 rings (SSSR count). The summed E-state index contributed by atoms with van der Waals surface area (Å²) in [5.41, 5.74) is 0. The summed E-state index contributed by atoms with van der Waals surface area (Å²) in [6, 6.07) is 0. The van der Waals surface area contributed by atoms with Crippen molar-refractivity contribution in [3.05, 3.63) is 24.3 Å². The minimum Gasteiger partial charge on any atom is -0.460 e. The molecule has 0 aromatic carbocycles. The molecule has 14 aliphatic rings. The Balaban J connectivity index is 0.704. The minimum atomic E-state index is -2.15. The van der Waals surface area contributed by atoms with Crippen molar-refractivity contribution >= 4 is 11.9 Å². The number of aliphatic hydroxyl groups excluding tert-OH is 26. The van der Waals surface area contributed by atoms with Gasteiger partial charge in [-0.1, -0.05) is 19.1 Å². The Morgan fingerprint density at radius 3 is 0.971 bits per heavy atom. The zero-order valence-electron chi connectivity index (χ0n) is 76.0. The molecule has 14 fully saturated rings. The van der Waals surface area contributed by atoms with Crippen molar-refractivity contribution in [1.29, 1.82) is 0 Å². The summed E-state index contributed by atoms with van der Waals surface area (Å²) < 4.78 is 121. The van der Waals surface area contributed by atoms with Crippen LogP contribution >= 0.6 is 0 Å². The number of rotatable bonds is 30. The average Bonchev–Trinajstić information content (AvgIpc) is 0.732. The van der Waals surface area contributed by atoms with Crippen LogP contribution < -0.4 is 0 Å². The predicted octanol–water partition coefficient (Wildman–Crippen LogP) is -11.5. The summed E-state index contributed by atoms with van der Waals surface area (Å²) in [5.74, 6) is -9.31. The van der Waals surface area contributed by atoms with Gasteiger partial charge in [-0.2, -0.15) is 0 Å². The maximum atomic E-state index is 13.1. The van der Waals surface area contributed by atoms with E-state index in [2.05, 4.69) is 0 Å². The van der Waals surface area contributed by atoms with Gasteiger partial charge in [-0.25, -0.2) is 9.59 Å².